The smallest absolute Gasteiger partial charge is 0.240 e. The number of nitrogens with one attached hydrogen (secondary N) is 1. The van der Waals surface area contributed by atoms with Gasteiger partial charge in [0, 0.05) is 6.54 Å². The topological polar surface area (TPSA) is 110 Å². The van der Waals surface area contributed by atoms with Gasteiger partial charge in [-0.15, -0.1) is 0 Å². The maximum Gasteiger partial charge on any atom is 0.240 e. The van der Waals surface area contributed by atoms with E-state index in [1.807, 2.05) is 0 Å². The lowest BCUT2D eigenvalue weighted by Crippen LogP contribution is -2.30. The monoisotopic (exact) mass is 377 g/mol. The standard InChI is InChI=1S/C15H27N3O4S2/c1-3-5-12-18(4-2)13-6-11-17-24(21,22)15-9-7-14(8-10-15)23(16,19)20/h7-10,17H,3-6,11-13H2,1-2H3,(H2,16,19,20). The summed E-state index contributed by atoms with van der Waals surface area (Å²) >= 11 is 0. The molecule has 0 amide bonds. The van der Waals surface area contributed by atoms with Crippen LogP contribution in [0.4, 0.5) is 0 Å². The molecule has 0 saturated heterocycles. The third kappa shape index (κ3) is 6.86. The zero-order valence-electron chi connectivity index (χ0n) is 14.2. The first-order valence-electron chi connectivity index (χ1n) is 8.05. The van der Waals surface area contributed by atoms with Gasteiger partial charge in [-0.25, -0.2) is 26.7 Å². The molecule has 0 heterocycles. The molecule has 0 unspecified atom stereocenters. The predicted octanol–water partition coefficient (Wildman–Crippen LogP) is 1.12. The Kier molecular flexibility index (Phi) is 8.31. The van der Waals surface area contributed by atoms with E-state index < -0.39 is 20.0 Å². The molecule has 0 spiro atoms. The van der Waals surface area contributed by atoms with Gasteiger partial charge < -0.3 is 4.90 Å². The van der Waals surface area contributed by atoms with Crippen LogP contribution in [0.15, 0.2) is 34.1 Å². The number of nitrogens with two attached hydrogens (primary N) is 1. The van der Waals surface area contributed by atoms with Gasteiger partial charge in [-0.3, -0.25) is 0 Å². The van der Waals surface area contributed by atoms with E-state index in [1.54, 1.807) is 0 Å². The molecule has 0 atom stereocenters. The van der Waals surface area contributed by atoms with Crippen LogP contribution in [0.2, 0.25) is 0 Å². The van der Waals surface area contributed by atoms with Gasteiger partial charge in [0.1, 0.15) is 0 Å². The van der Waals surface area contributed by atoms with Gasteiger partial charge >= 0.3 is 0 Å². The molecule has 9 heteroatoms. The maximum atomic E-state index is 12.2. The average Bonchev–Trinajstić information content (AvgIpc) is 2.53. The highest BCUT2D eigenvalue weighted by Crippen LogP contribution is 2.13. The van der Waals surface area contributed by atoms with Crippen molar-refractivity contribution in [2.24, 2.45) is 5.14 Å². The maximum absolute atomic E-state index is 12.2. The fourth-order valence-corrected chi connectivity index (χ4v) is 3.80. The molecule has 0 bridgehead atoms. The lowest BCUT2D eigenvalue weighted by Gasteiger charge is -2.19. The van der Waals surface area contributed by atoms with Crippen molar-refractivity contribution in [1.82, 2.24) is 9.62 Å². The highest BCUT2D eigenvalue weighted by Gasteiger charge is 2.15. The molecule has 0 radical (unpaired) electrons. The van der Waals surface area contributed by atoms with Crippen LogP contribution < -0.4 is 9.86 Å². The summed E-state index contributed by atoms with van der Waals surface area (Å²) in [5.74, 6) is 0. The molecule has 24 heavy (non-hydrogen) atoms. The summed E-state index contributed by atoms with van der Waals surface area (Å²) in [4.78, 5) is 2.20. The Labute approximate surface area is 145 Å². The minimum absolute atomic E-state index is 0.0215. The lowest BCUT2D eigenvalue weighted by molar-refractivity contribution is 0.280. The molecule has 138 valence electrons. The summed E-state index contributed by atoms with van der Waals surface area (Å²) in [5.41, 5.74) is 0. The van der Waals surface area contributed by atoms with Crippen LogP contribution in [0, 0.1) is 0 Å². The molecule has 0 fully saturated rings. The Morgan fingerprint density at radius 1 is 0.958 bits per heavy atom. The molecule has 0 aliphatic heterocycles. The van der Waals surface area contributed by atoms with E-state index in [0.29, 0.717) is 13.0 Å². The molecule has 1 aromatic rings. The second-order valence-electron chi connectivity index (χ2n) is 5.56. The number of hydrogen-bond acceptors (Lipinski definition) is 5. The number of hydrogen-bond donors (Lipinski definition) is 2. The zero-order valence-corrected chi connectivity index (χ0v) is 15.9. The molecular formula is C15H27N3O4S2. The third-order valence-electron chi connectivity index (χ3n) is 3.68. The third-order valence-corrected chi connectivity index (χ3v) is 6.09. The summed E-state index contributed by atoms with van der Waals surface area (Å²) in [6.45, 7) is 7.37. The second-order valence-corrected chi connectivity index (χ2v) is 8.88. The molecule has 3 N–H and O–H groups in total. The van der Waals surface area contributed by atoms with Gasteiger partial charge in [0.05, 0.1) is 9.79 Å². The first kappa shape index (κ1) is 21.0. The van der Waals surface area contributed by atoms with Crippen LogP contribution in [0.1, 0.15) is 33.1 Å². The molecule has 1 aromatic carbocycles. The van der Waals surface area contributed by atoms with E-state index in [9.17, 15) is 16.8 Å². The average molecular weight is 378 g/mol. The van der Waals surface area contributed by atoms with E-state index in [2.05, 4.69) is 23.5 Å². The van der Waals surface area contributed by atoms with Crippen LogP contribution in [-0.4, -0.2) is 47.9 Å². The van der Waals surface area contributed by atoms with E-state index >= 15 is 0 Å². The summed E-state index contributed by atoms with van der Waals surface area (Å²) in [6.07, 6.45) is 2.99. The number of unbranched alkanes of at least 4 members (excludes halogenated alkanes) is 1. The van der Waals surface area contributed by atoms with Crippen molar-refractivity contribution in [3.05, 3.63) is 24.3 Å². The van der Waals surface area contributed by atoms with E-state index in [4.69, 9.17) is 5.14 Å². The fraction of sp³-hybridized carbons (Fsp3) is 0.600. The highest BCUT2D eigenvalue weighted by molar-refractivity contribution is 7.89. The second kappa shape index (κ2) is 9.47. The van der Waals surface area contributed by atoms with E-state index in [1.165, 1.54) is 24.3 Å². The van der Waals surface area contributed by atoms with Crippen molar-refractivity contribution >= 4 is 20.0 Å². The van der Waals surface area contributed by atoms with Crippen molar-refractivity contribution in [1.29, 1.82) is 0 Å². The Morgan fingerprint density at radius 2 is 1.50 bits per heavy atom. The molecule has 7 nitrogen and oxygen atoms in total. The molecule has 0 aliphatic rings. The van der Waals surface area contributed by atoms with E-state index in [-0.39, 0.29) is 9.79 Å². The highest BCUT2D eigenvalue weighted by atomic mass is 32.2. The summed E-state index contributed by atoms with van der Waals surface area (Å²) < 4.78 is 49.2. The number of nitrogens with zero attached hydrogens (tertiary/aromatic N) is 1. The molecule has 0 aromatic heterocycles. The number of benzene rings is 1. The number of rotatable bonds is 11. The lowest BCUT2D eigenvalue weighted by atomic mass is 10.3. The van der Waals surface area contributed by atoms with Crippen molar-refractivity contribution < 1.29 is 16.8 Å². The largest absolute Gasteiger partial charge is 0.304 e. The minimum Gasteiger partial charge on any atom is -0.304 e. The molecule has 1 rings (SSSR count). The Bertz CT molecular complexity index is 701. The van der Waals surface area contributed by atoms with Crippen molar-refractivity contribution in [3.63, 3.8) is 0 Å². The van der Waals surface area contributed by atoms with Crippen LogP contribution >= 0.6 is 0 Å². The Morgan fingerprint density at radius 3 is 2.00 bits per heavy atom. The van der Waals surface area contributed by atoms with Gasteiger partial charge in [0.2, 0.25) is 20.0 Å². The first-order valence-corrected chi connectivity index (χ1v) is 11.1. The number of primary sulfonamides is 1. The number of sulfonamides is 2. The summed E-state index contributed by atoms with van der Waals surface area (Å²) in [7, 11) is -7.48. The van der Waals surface area contributed by atoms with E-state index in [0.717, 1.165) is 32.5 Å². The van der Waals surface area contributed by atoms with Crippen molar-refractivity contribution in [3.8, 4) is 0 Å². The van der Waals surface area contributed by atoms with Crippen LogP contribution in [0.5, 0.6) is 0 Å². The quantitative estimate of drug-likeness (QED) is 0.562. The first-order chi connectivity index (χ1) is 11.2. The van der Waals surface area contributed by atoms with Crippen LogP contribution in [-0.2, 0) is 20.0 Å². The SMILES string of the molecule is CCCCN(CC)CCCNS(=O)(=O)c1ccc(S(N)(=O)=O)cc1. The van der Waals surface area contributed by atoms with Gasteiger partial charge in [-0.2, -0.15) is 0 Å². The Balaban J connectivity index is 2.55. The van der Waals surface area contributed by atoms with Gasteiger partial charge in [0.15, 0.2) is 0 Å². The molecule has 0 aliphatic carbocycles. The zero-order chi connectivity index (χ0) is 18.2. The van der Waals surface area contributed by atoms with Crippen LogP contribution in [0.25, 0.3) is 0 Å². The van der Waals surface area contributed by atoms with Gasteiger partial charge in [-0.1, -0.05) is 20.3 Å². The van der Waals surface area contributed by atoms with Gasteiger partial charge in [0.25, 0.3) is 0 Å². The van der Waals surface area contributed by atoms with Crippen molar-refractivity contribution in [2.45, 2.75) is 42.9 Å². The normalized spacial score (nSPS) is 12.7. The predicted molar refractivity (Wildman–Crippen MR) is 94.6 cm³/mol. The minimum atomic E-state index is -3.83. The Hall–Kier alpha value is -1.00. The van der Waals surface area contributed by atoms with Crippen molar-refractivity contribution in [2.75, 3.05) is 26.2 Å². The van der Waals surface area contributed by atoms with Gasteiger partial charge in [-0.05, 0) is 56.7 Å². The molecule has 0 saturated carbocycles. The summed E-state index contributed by atoms with van der Waals surface area (Å²) in [5, 5.41) is 4.99. The van der Waals surface area contributed by atoms with Crippen LogP contribution in [0.3, 0.4) is 0 Å². The summed E-state index contributed by atoms with van der Waals surface area (Å²) in [6, 6.07) is 4.85. The fourth-order valence-electron chi connectivity index (χ4n) is 2.21. The molecular weight excluding hydrogens is 350 g/mol.